The normalized spacial score (nSPS) is 15.1. The van der Waals surface area contributed by atoms with Crippen molar-refractivity contribution in [3.63, 3.8) is 0 Å². The van der Waals surface area contributed by atoms with Gasteiger partial charge in [-0.3, -0.25) is 4.99 Å². The molecule has 0 saturated heterocycles. The van der Waals surface area contributed by atoms with Crippen molar-refractivity contribution in [1.82, 2.24) is 10.6 Å². The minimum Gasteiger partial charge on any atom is -0.364 e. The fourth-order valence-electron chi connectivity index (χ4n) is 2.28. The minimum atomic E-state index is -4.16. The van der Waals surface area contributed by atoms with Gasteiger partial charge in [-0.05, 0) is 17.7 Å². The summed E-state index contributed by atoms with van der Waals surface area (Å²) >= 11 is 0. The van der Waals surface area contributed by atoms with Crippen molar-refractivity contribution >= 4 is 11.6 Å². The second kappa shape index (κ2) is 7.89. The van der Waals surface area contributed by atoms with Crippen molar-refractivity contribution < 1.29 is 13.2 Å². The number of nitrogens with zero attached hydrogens (tertiary/aromatic N) is 2. The molecule has 4 nitrogen and oxygen atoms in total. The Morgan fingerprint density at radius 3 is 2.61 bits per heavy atom. The van der Waals surface area contributed by atoms with Crippen LogP contribution in [0.4, 0.5) is 18.9 Å². The number of nitrogens with one attached hydrogen (secondary N) is 2. The van der Waals surface area contributed by atoms with E-state index < -0.39 is 12.6 Å². The van der Waals surface area contributed by atoms with Crippen molar-refractivity contribution in [2.45, 2.75) is 19.1 Å². The molecule has 0 aromatic heterocycles. The van der Waals surface area contributed by atoms with Gasteiger partial charge in [-0.1, -0.05) is 24.3 Å². The first kappa shape index (κ1) is 17.2. The summed E-state index contributed by atoms with van der Waals surface area (Å²) in [4.78, 5) is 6.17. The number of anilines is 1. The number of alkyl halides is 3. The van der Waals surface area contributed by atoms with Crippen molar-refractivity contribution in [1.29, 1.82) is 0 Å². The van der Waals surface area contributed by atoms with E-state index in [1.54, 1.807) is 0 Å². The predicted octanol–water partition coefficient (Wildman–Crippen LogP) is 2.68. The number of halogens is 3. The second-order valence-electron chi connectivity index (χ2n) is 5.26. The third kappa shape index (κ3) is 5.84. The van der Waals surface area contributed by atoms with Crippen molar-refractivity contribution in [3.8, 4) is 0 Å². The Morgan fingerprint density at radius 2 is 1.96 bits per heavy atom. The SMILES string of the molecule is CN=C(NCCC(F)(F)F)NCc1cccc(N2CC=CC2)c1. The van der Waals surface area contributed by atoms with Crippen LogP contribution >= 0.6 is 0 Å². The molecule has 0 radical (unpaired) electrons. The molecule has 1 aromatic rings. The molecule has 1 aromatic carbocycles. The average molecular weight is 326 g/mol. The van der Waals surface area contributed by atoms with E-state index in [2.05, 4.69) is 38.7 Å². The third-order valence-corrected chi connectivity index (χ3v) is 3.48. The molecule has 7 heteroatoms. The van der Waals surface area contributed by atoms with Crippen molar-refractivity contribution in [3.05, 3.63) is 42.0 Å². The fourth-order valence-corrected chi connectivity index (χ4v) is 2.28. The Bertz CT molecular complexity index is 559. The number of rotatable bonds is 5. The molecule has 1 aliphatic heterocycles. The van der Waals surface area contributed by atoms with Crippen molar-refractivity contribution in [2.75, 3.05) is 31.6 Å². The molecule has 2 rings (SSSR count). The first-order chi connectivity index (χ1) is 11.0. The van der Waals surface area contributed by atoms with Crippen molar-refractivity contribution in [2.24, 2.45) is 4.99 Å². The molecule has 1 aliphatic rings. The summed E-state index contributed by atoms with van der Waals surface area (Å²) in [6.07, 6.45) is -0.802. The smallest absolute Gasteiger partial charge is 0.364 e. The van der Waals surface area contributed by atoms with E-state index in [1.165, 1.54) is 7.05 Å². The quantitative estimate of drug-likeness (QED) is 0.496. The lowest BCUT2D eigenvalue weighted by molar-refractivity contribution is -0.132. The molecule has 23 heavy (non-hydrogen) atoms. The standard InChI is InChI=1S/C16H21F3N4/c1-20-15(21-8-7-16(17,18)19)22-12-13-5-4-6-14(11-13)23-9-2-3-10-23/h2-6,11H,7-10,12H2,1H3,(H2,20,21,22). The lowest BCUT2D eigenvalue weighted by Crippen LogP contribution is -2.38. The molecule has 0 saturated carbocycles. The van der Waals surface area contributed by atoms with Crippen LogP contribution < -0.4 is 15.5 Å². The van der Waals surface area contributed by atoms with Crippen LogP contribution in [0.3, 0.4) is 0 Å². The Hall–Kier alpha value is -2.18. The van der Waals surface area contributed by atoms with E-state index in [0.717, 1.165) is 24.3 Å². The van der Waals surface area contributed by atoms with Crippen LogP contribution in [-0.4, -0.2) is 38.8 Å². The maximum atomic E-state index is 12.1. The highest BCUT2D eigenvalue weighted by Gasteiger charge is 2.26. The highest BCUT2D eigenvalue weighted by Crippen LogP contribution is 2.19. The maximum absolute atomic E-state index is 12.1. The minimum absolute atomic E-state index is 0.192. The summed E-state index contributed by atoms with van der Waals surface area (Å²) in [5, 5.41) is 5.69. The first-order valence-corrected chi connectivity index (χ1v) is 7.48. The molecule has 0 aliphatic carbocycles. The average Bonchev–Trinajstić information content (AvgIpc) is 3.04. The van der Waals surface area contributed by atoms with Crippen LogP contribution in [0.25, 0.3) is 0 Å². The van der Waals surface area contributed by atoms with Crippen LogP contribution in [0.5, 0.6) is 0 Å². The summed E-state index contributed by atoms with van der Waals surface area (Å²) in [5.74, 6) is 0.363. The zero-order chi connectivity index (χ0) is 16.7. The van der Waals surface area contributed by atoms with Gasteiger partial charge in [-0.2, -0.15) is 13.2 Å². The van der Waals surface area contributed by atoms with E-state index in [1.807, 2.05) is 18.2 Å². The van der Waals surface area contributed by atoms with Gasteiger partial charge in [0, 0.05) is 38.9 Å². The summed E-state index contributed by atoms with van der Waals surface area (Å²) in [7, 11) is 1.54. The van der Waals surface area contributed by atoms with Crippen LogP contribution in [0, 0.1) is 0 Å². The maximum Gasteiger partial charge on any atom is 0.390 e. The predicted molar refractivity (Wildman–Crippen MR) is 86.7 cm³/mol. The fraction of sp³-hybridized carbons (Fsp3) is 0.438. The van der Waals surface area contributed by atoms with E-state index in [9.17, 15) is 13.2 Å². The molecule has 1 heterocycles. The van der Waals surface area contributed by atoms with Gasteiger partial charge in [-0.25, -0.2) is 0 Å². The monoisotopic (exact) mass is 326 g/mol. The van der Waals surface area contributed by atoms with Crippen LogP contribution in [0.2, 0.25) is 0 Å². The van der Waals surface area contributed by atoms with Gasteiger partial charge < -0.3 is 15.5 Å². The Morgan fingerprint density at radius 1 is 1.22 bits per heavy atom. The number of guanidine groups is 1. The summed E-state index contributed by atoms with van der Waals surface area (Å²) in [5.41, 5.74) is 2.18. The number of hydrogen-bond acceptors (Lipinski definition) is 2. The zero-order valence-corrected chi connectivity index (χ0v) is 13.0. The molecule has 2 N–H and O–H groups in total. The Balaban J connectivity index is 1.83. The zero-order valence-electron chi connectivity index (χ0n) is 13.0. The number of benzene rings is 1. The highest BCUT2D eigenvalue weighted by atomic mass is 19.4. The van der Waals surface area contributed by atoms with Gasteiger partial charge in [-0.15, -0.1) is 0 Å². The molecular weight excluding hydrogens is 305 g/mol. The molecule has 0 spiro atoms. The molecule has 0 unspecified atom stereocenters. The van der Waals surface area contributed by atoms with Crippen LogP contribution in [0.1, 0.15) is 12.0 Å². The van der Waals surface area contributed by atoms with Gasteiger partial charge in [0.15, 0.2) is 5.96 Å². The Labute approximate surface area is 134 Å². The van der Waals surface area contributed by atoms with Gasteiger partial charge in [0.25, 0.3) is 0 Å². The topological polar surface area (TPSA) is 39.7 Å². The molecule has 0 atom stereocenters. The summed E-state index contributed by atoms with van der Waals surface area (Å²) in [6.45, 7) is 2.11. The third-order valence-electron chi connectivity index (χ3n) is 3.48. The number of aliphatic imine (C=N–C) groups is 1. The molecular formula is C16H21F3N4. The van der Waals surface area contributed by atoms with E-state index in [0.29, 0.717) is 12.5 Å². The summed E-state index contributed by atoms with van der Waals surface area (Å²) < 4.78 is 36.4. The molecule has 0 amide bonds. The van der Waals surface area contributed by atoms with Crippen LogP contribution in [0.15, 0.2) is 41.4 Å². The highest BCUT2D eigenvalue weighted by molar-refractivity contribution is 5.79. The van der Waals surface area contributed by atoms with Gasteiger partial charge in [0.05, 0.1) is 6.42 Å². The van der Waals surface area contributed by atoms with Gasteiger partial charge in [0.1, 0.15) is 0 Å². The van der Waals surface area contributed by atoms with Gasteiger partial charge in [0.2, 0.25) is 0 Å². The molecule has 0 bridgehead atoms. The van der Waals surface area contributed by atoms with E-state index in [4.69, 9.17) is 0 Å². The first-order valence-electron chi connectivity index (χ1n) is 7.48. The molecule has 126 valence electrons. The lowest BCUT2D eigenvalue weighted by Gasteiger charge is -2.19. The van der Waals surface area contributed by atoms with E-state index >= 15 is 0 Å². The van der Waals surface area contributed by atoms with Gasteiger partial charge >= 0.3 is 6.18 Å². The lowest BCUT2D eigenvalue weighted by atomic mass is 10.2. The largest absolute Gasteiger partial charge is 0.390 e. The van der Waals surface area contributed by atoms with Crippen LogP contribution in [-0.2, 0) is 6.54 Å². The second-order valence-corrected chi connectivity index (χ2v) is 5.26. The molecule has 0 fully saturated rings. The van der Waals surface area contributed by atoms with E-state index in [-0.39, 0.29) is 6.54 Å². The number of hydrogen-bond donors (Lipinski definition) is 2. The Kier molecular flexibility index (Phi) is 5.90. The summed E-state index contributed by atoms with van der Waals surface area (Å²) in [6, 6.07) is 8.07.